The molecule has 0 radical (unpaired) electrons. The van der Waals surface area contributed by atoms with Gasteiger partial charge in [0, 0.05) is 56.0 Å². The van der Waals surface area contributed by atoms with Crippen molar-refractivity contribution in [1.29, 1.82) is 0 Å². The molecular formula is C24H32N6. The molecule has 158 valence electrons. The number of hydrogen-bond acceptors (Lipinski definition) is 3. The molecule has 4 rings (SSSR count). The second-order valence-electron chi connectivity index (χ2n) is 7.85. The highest BCUT2D eigenvalue weighted by molar-refractivity contribution is 5.86. The van der Waals surface area contributed by atoms with E-state index in [1.54, 1.807) is 0 Å². The molecule has 6 heteroatoms. The summed E-state index contributed by atoms with van der Waals surface area (Å²) in [5, 5.41) is 8.42. The van der Waals surface area contributed by atoms with E-state index in [4.69, 9.17) is 0 Å². The fourth-order valence-electron chi connectivity index (χ4n) is 4.27. The molecule has 1 saturated heterocycles. The normalized spacial score (nSPS) is 15.5. The highest BCUT2D eigenvalue weighted by Gasteiger charge is 2.20. The number of anilines is 1. The van der Waals surface area contributed by atoms with Crippen LogP contribution in [0.2, 0.25) is 0 Å². The molecule has 1 aromatic carbocycles. The van der Waals surface area contributed by atoms with E-state index in [2.05, 4.69) is 73.9 Å². The number of aromatic nitrogens is 2. The van der Waals surface area contributed by atoms with Gasteiger partial charge in [-0.3, -0.25) is 4.99 Å². The zero-order valence-corrected chi connectivity index (χ0v) is 18.0. The maximum absolute atomic E-state index is 4.47. The Labute approximate surface area is 178 Å². The van der Waals surface area contributed by atoms with Crippen LogP contribution in [0.1, 0.15) is 30.9 Å². The van der Waals surface area contributed by atoms with Crippen LogP contribution in [0.15, 0.2) is 53.8 Å². The van der Waals surface area contributed by atoms with Crippen LogP contribution < -0.4 is 15.5 Å². The Hall–Kier alpha value is -3.02. The number of nitrogens with one attached hydrogen (secondary N) is 3. The lowest BCUT2D eigenvalue weighted by atomic mass is 10.1. The van der Waals surface area contributed by atoms with E-state index in [9.17, 15) is 0 Å². The first-order valence-corrected chi connectivity index (χ1v) is 11.0. The topological polar surface area (TPSA) is 68.3 Å². The minimum atomic E-state index is 0.441. The summed E-state index contributed by atoms with van der Waals surface area (Å²) < 4.78 is 0. The van der Waals surface area contributed by atoms with E-state index in [-0.39, 0.29) is 0 Å². The molecule has 0 amide bonds. The van der Waals surface area contributed by atoms with Gasteiger partial charge in [0.15, 0.2) is 5.96 Å². The SMILES string of the molecule is CCc1cccc2c(CCNC(=NC)NC3CCN(c4ccccn4)CC3)c[nH]c12. The molecule has 2 aromatic heterocycles. The number of nitrogens with zero attached hydrogens (tertiary/aromatic N) is 3. The third-order valence-corrected chi connectivity index (χ3v) is 5.99. The monoisotopic (exact) mass is 404 g/mol. The van der Waals surface area contributed by atoms with Crippen LogP contribution in [0.4, 0.5) is 5.82 Å². The van der Waals surface area contributed by atoms with Gasteiger partial charge in [-0.2, -0.15) is 0 Å². The lowest BCUT2D eigenvalue weighted by Crippen LogP contribution is -2.49. The minimum Gasteiger partial charge on any atom is -0.361 e. The van der Waals surface area contributed by atoms with E-state index in [0.29, 0.717) is 6.04 Å². The highest BCUT2D eigenvalue weighted by Crippen LogP contribution is 2.22. The van der Waals surface area contributed by atoms with E-state index < -0.39 is 0 Å². The van der Waals surface area contributed by atoms with Crippen LogP contribution >= 0.6 is 0 Å². The molecular weight excluding hydrogens is 372 g/mol. The summed E-state index contributed by atoms with van der Waals surface area (Å²) in [6, 6.07) is 13.1. The van der Waals surface area contributed by atoms with Gasteiger partial charge >= 0.3 is 0 Å². The van der Waals surface area contributed by atoms with Crippen LogP contribution in [0, 0.1) is 0 Å². The summed E-state index contributed by atoms with van der Waals surface area (Å²) in [5.41, 5.74) is 4.00. The van der Waals surface area contributed by atoms with E-state index >= 15 is 0 Å². The van der Waals surface area contributed by atoms with Crippen molar-refractivity contribution in [2.75, 3.05) is 31.6 Å². The zero-order valence-electron chi connectivity index (χ0n) is 18.0. The number of hydrogen-bond donors (Lipinski definition) is 3. The summed E-state index contributed by atoms with van der Waals surface area (Å²) in [4.78, 5) is 14.7. The molecule has 30 heavy (non-hydrogen) atoms. The van der Waals surface area contributed by atoms with Crippen molar-refractivity contribution < 1.29 is 0 Å². The Bertz CT molecular complexity index is 970. The summed E-state index contributed by atoms with van der Waals surface area (Å²) in [6.07, 6.45) is 8.19. The first kappa shape index (κ1) is 20.3. The third-order valence-electron chi connectivity index (χ3n) is 5.99. The number of H-pyrrole nitrogens is 1. The molecule has 0 unspecified atom stereocenters. The van der Waals surface area contributed by atoms with Crippen molar-refractivity contribution >= 4 is 22.7 Å². The maximum Gasteiger partial charge on any atom is 0.191 e. The summed E-state index contributed by atoms with van der Waals surface area (Å²) >= 11 is 0. The number of guanidine groups is 1. The minimum absolute atomic E-state index is 0.441. The Kier molecular flexibility index (Phi) is 6.52. The average Bonchev–Trinajstić information content (AvgIpc) is 3.22. The van der Waals surface area contributed by atoms with Crippen molar-refractivity contribution in [3.8, 4) is 0 Å². The number of para-hydroxylation sites is 1. The van der Waals surface area contributed by atoms with Gasteiger partial charge in [0.25, 0.3) is 0 Å². The van der Waals surface area contributed by atoms with Crippen LogP contribution in [-0.2, 0) is 12.8 Å². The Balaban J connectivity index is 1.26. The van der Waals surface area contributed by atoms with Gasteiger partial charge in [0.2, 0.25) is 0 Å². The smallest absolute Gasteiger partial charge is 0.191 e. The van der Waals surface area contributed by atoms with Gasteiger partial charge in [-0.1, -0.05) is 31.2 Å². The fourth-order valence-corrected chi connectivity index (χ4v) is 4.27. The predicted octanol–water partition coefficient (Wildman–Crippen LogP) is 3.50. The third kappa shape index (κ3) is 4.58. The van der Waals surface area contributed by atoms with Gasteiger partial charge in [-0.05, 0) is 48.9 Å². The first-order valence-electron chi connectivity index (χ1n) is 11.0. The average molecular weight is 405 g/mol. The molecule has 1 aliphatic rings. The number of pyridine rings is 1. The number of aliphatic imine (C=N–C) groups is 1. The van der Waals surface area contributed by atoms with Gasteiger partial charge in [-0.25, -0.2) is 4.98 Å². The van der Waals surface area contributed by atoms with Crippen LogP contribution in [0.3, 0.4) is 0 Å². The maximum atomic E-state index is 4.47. The summed E-state index contributed by atoms with van der Waals surface area (Å²) in [7, 11) is 1.84. The molecule has 1 aliphatic heterocycles. The molecule has 0 aliphatic carbocycles. The Morgan fingerprint density at radius 1 is 1.17 bits per heavy atom. The number of piperidine rings is 1. The summed E-state index contributed by atoms with van der Waals surface area (Å²) in [5.74, 6) is 1.96. The standard InChI is InChI=1S/C24H32N6/c1-3-18-7-6-8-21-19(17-28-23(18)21)10-14-27-24(25-2)29-20-11-15-30(16-12-20)22-9-4-5-13-26-22/h4-9,13,17,20,28H,3,10-12,14-16H2,1-2H3,(H2,25,27,29). The highest BCUT2D eigenvalue weighted by atomic mass is 15.2. The second kappa shape index (κ2) is 9.65. The number of fused-ring (bicyclic) bond motifs is 1. The van der Waals surface area contributed by atoms with Crippen LogP contribution in [-0.4, -0.2) is 48.7 Å². The molecule has 3 N–H and O–H groups in total. The number of aryl methyl sites for hydroxylation is 1. The molecule has 1 fully saturated rings. The van der Waals surface area contributed by atoms with E-state index in [0.717, 1.165) is 57.1 Å². The van der Waals surface area contributed by atoms with Gasteiger partial charge in [0.05, 0.1) is 0 Å². The van der Waals surface area contributed by atoms with Crippen molar-refractivity contribution in [2.45, 2.75) is 38.6 Å². The van der Waals surface area contributed by atoms with Crippen LogP contribution in [0.5, 0.6) is 0 Å². The van der Waals surface area contributed by atoms with Crippen molar-refractivity contribution in [3.63, 3.8) is 0 Å². The largest absolute Gasteiger partial charge is 0.361 e. The zero-order chi connectivity index (χ0) is 20.8. The van der Waals surface area contributed by atoms with Gasteiger partial charge < -0.3 is 20.5 Å². The van der Waals surface area contributed by atoms with Crippen molar-refractivity contribution in [3.05, 3.63) is 59.9 Å². The van der Waals surface area contributed by atoms with E-state index in [1.807, 2.05) is 19.3 Å². The van der Waals surface area contributed by atoms with Gasteiger partial charge in [0.1, 0.15) is 5.82 Å². The molecule has 3 heterocycles. The first-order chi connectivity index (χ1) is 14.8. The molecule has 3 aromatic rings. The van der Waals surface area contributed by atoms with Crippen LogP contribution in [0.25, 0.3) is 10.9 Å². The Morgan fingerprint density at radius 3 is 2.77 bits per heavy atom. The quantitative estimate of drug-likeness (QED) is 0.434. The molecule has 0 bridgehead atoms. The number of rotatable bonds is 6. The number of benzene rings is 1. The van der Waals surface area contributed by atoms with Crippen molar-refractivity contribution in [2.24, 2.45) is 4.99 Å². The molecule has 0 saturated carbocycles. The molecule has 0 atom stereocenters. The molecule has 0 spiro atoms. The lowest BCUT2D eigenvalue weighted by Gasteiger charge is -2.33. The van der Waals surface area contributed by atoms with Crippen molar-refractivity contribution in [1.82, 2.24) is 20.6 Å². The predicted molar refractivity (Wildman–Crippen MR) is 125 cm³/mol. The summed E-state index contributed by atoms with van der Waals surface area (Å²) in [6.45, 7) is 5.09. The fraction of sp³-hybridized carbons (Fsp3) is 0.417. The van der Waals surface area contributed by atoms with Gasteiger partial charge in [-0.15, -0.1) is 0 Å². The lowest BCUT2D eigenvalue weighted by molar-refractivity contribution is 0.459. The molecule has 6 nitrogen and oxygen atoms in total. The second-order valence-corrected chi connectivity index (χ2v) is 7.85. The van der Waals surface area contributed by atoms with E-state index in [1.165, 1.54) is 22.0 Å². The number of aromatic amines is 1. The Morgan fingerprint density at radius 2 is 2.03 bits per heavy atom.